The molecule has 0 aliphatic carbocycles. The van der Waals surface area contributed by atoms with E-state index >= 15 is 0 Å². The van der Waals surface area contributed by atoms with Gasteiger partial charge in [0.05, 0.1) is 10.2 Å². The molecule has 0 aliphatic rings. The molecule has 0 unspecified atom stereocenters. The first-order chi connectivity index (χ1) is 9.29. The predicted octanol–water partition coefficient (Wildman–Crippen LogP) is 2.74. The molecule has 0 atom stereocenters. The van der Waals surface area contributed by atoms with Crippen LogP contribution in [0.15, 0.2) is 33.5 Å². The summed E-state index contributed by atoms with van der Waals surface area (Å²) in [5, 5.41) is 10.6. The molecular formula is C13H13BrN4O. The lowest BCUT2D eigenvalue weighted by atomic mass is 10.1. The van der Waals surface area contributed by atoms with Crippen molar-refractivity contribution in [3.63, 3.8) is 0 Å². The molecule has 0 amide bonds. The van der Waals surface area contributed by atoms with E-state index in [1.165, 1.54) is 6.39 Å². The quantitative estimate of drug-likeness (QED) is 0.775. The molecule has 1 aromatic carbocycles. The SMILES string of the molecule is CNCCc1[nH]nc(-c2ccc3ncoc3c2)c1Br. The maximum Gasteiger partial charge on any atom is 0.181 e. The number of nitrogens with zero attached hydrogens (tertiary/aromatic N) is 2. The minimum atomic E-state index is 0.768. The van der Waals surface area contributed by atoms with Gasteiger partial charge in [-0.1, -0.05) is 6.07 Å². The van der Waals surface area contributed by atoms with E-state index in [1.54, 1.807) is 0 Å². The Morgan fingerprint density at radius 1 is 1.42 bits per heavy atom. The van der Waals surface area contributed by atoms with Crippen LogP contribution in [0.2, 0.25) is 0 Å². The summed E-state index contributed by atoms with van der Waals surface area (Å²) in [6.07, 6.45) is 2.35. The van der Waals surface area contributed by atoms with Gasteiger partial charge in [-0.05, 0) is 35.1 Å². The Labute approximate surface area is 118 Å². The fraction of sp³-hybridized carbons (Fsp3) is 0.231. The largest absolute Gasteiger partial charge is 0.443 e. The normalized spacial score (nSPS) is 11.3. The molecule has 0 saturated carbocycles. The Hall–Kier alpha value is -1.66. The third-order valence-electron chi connectivity index (χ3n) is 3.01. The van der Waals surface area contributed by atoms with Crippen molar-refractivity contribution < 1.29 is 4.42 Å². The number of aromatic nitrogens is 3. The summed E-state index contributed by atoms with van der Waals surface area (Å²) in [5.74, 6) is 0. The van der Waals surface area contributed by atoms with Crippen LogP contribution in [-0.4, -0.2) is 28.8 Å². The number of rotatable bonds is 4. The second-order valence-electron chi connectivity index (χ2n) is 4.25. The topological polar surface area (TPSA) is 66.7 Å². The Balaban J connectivity index is 1.98. The fourth-order valence-corrected chi connectivity index (χ4v) is 2.58. The van der Waals surface area contributed by atoms with Crippen LogP contribution in [0.5, 0.6) is 0 Å². The van der Waals surface area contributed by atoms with Crippen molar-refractivity contribution in [2.75, 3.05) is 13.6 Å². The highest BCUT2D eigenvalue weighted by molar-refractivity contribution is 9.10. The van der Waals surface area contributed by atoms with Gasteiger partial charge in [-0.3, -0.25) is 5.10 Å². The van der Waals surface area contributed by atoms with Gasteiger partial charge in [-0.15, -0.1) is 0 Å². The molecule has 2 heterocycles. The number of oxazole rings is 1. The summed E-state index contributed by atoms with van der Waals surface area (Å²) >= 11 is 3.61. The maximum absolute atomic E-state index is 5.32. The smallest absolute Gasteiger partial charge is 0.181 e. The maximum atomic E-state index is 5.32. The molecule has 0 fully saturated rings. The molecule has 6 heteroatoms. The Morgan fingerprint density at radius 2 is 2.32 bits per heavy atom. The monoisotopic (exact) mass is 320 g/mol. The van der Waals surface area contributed by atoms with Crippen molar-refractivity contribution in [3.8, 4) is 11.3 Å². The molecular weight excluding hydrogens is 308 g/mol. The summed E-state index contributed by atoms with van der Waals surface area (Å²) in [7, 11) is 1.93. The van der Waals surface area contributed by atoms with Crippen LogP contribution >= 0.6 is 15.9 Å². The van der Waals surface area contributed by atoms with E-state index in [4.69, 9.17) is 4.42 Å². The average molecular weight is 321 g/mol. The Bertz CT molecular complexity index is 704. The summed E-state index contributed by atoms with van der Waals surface area (Å²) < 4.78 is 6.32. The van der Waals surface area contributed by atoms with Gasteiger partial charge in [0.15, 0.2) is 12.0 Å². The van der Waals surface area contributed by atoms with Gasteiger partial charge >= 0.3 is 0 Å². The molecule has 0 saturated heterocycles. The Kier molecular flexibility index (Phi) is 3.35. The highest BCUT2D eigenvalue weighted by Crippen LogP contribution is 2.30. The average Bonchev–Trinajstić information content (AvgIpc) is 3.02. The number of hydrogen-bond acceptors (Lipinski definition) is 4. The van der Waals surface area contributed by atoms with Crippen LogP contribution in [0, 0.1) is 0 Å². The number of H-pyrrole nitrogens is 1. The van der Waals surface area contributed by atoms with Crippen molar-refractivity contribution in [1.82, 2.24) is 20.5 Å². The lowest BCUT2D eigenvalue weighted by Gasteiger charge is -1.99. The van der Waals surface area contributed by atoms with E-state index in [2.05, 4.69) is 36.4 Å². The molecule has 0 radical (unpaired) electrons. The highest BCUT2D eigenvalue weighted by Gasteiger charge is 2.13. The molecule has 0 spiro atoms. The van der Waals surface area contributed by atoms with Gasteiger partial charge in [-0.2, -0.15) is 5.10 Å². The van der Waals surface area contributed by atoms with Crippen molar-refractivity contribution in [3.05, 3.63) is 34.8 Å². The molecule has 3 rings (SSSR count). The van der Waals surface area contributed by atoms with Gasteiger partial charge in [-0.25, -0.2) is 4.98 Å². The van der Waals surface area contributed by atoms with E-state index in [0.717, 1.165) is 45.5 Å². The summed E-state index contributed by atoms with van der Waals surface area (Å²) in [6, 6.07) is 5.88. The molecule has 19 heavy (non-hydrogen) atoms. The van der Waals surface area contributed by atoms with E-state index in [0.29, 0.717) is 0 Å². The minimum absolute atomic E-state index is 0.768. The third-order valence-corrected chi connectivity index (χ3v) is 3.86. The van der Waals surface area contributed by atoms with Crippen molar-refractivity contribution in [2.45, 2.75) is 6.42 Å². The van der Waals surface area contributed by atoms with Crippen molar-refractivity contribution in [1.29, 1.82) is 0 Å². The van der Waals surface area contributed by atoms with E-state index < -0.39 is 0 Å². The van der Waals surface area contributed by atoms with E-state index in [1.807, 2.05) is 25.2 Å². The number of halogens is 1. The summed E-state index contributed by atoms with van der Waals surface area (Å²) in [4.78, 5) is 4.11. The Morgan fingerprint density at radius 3 is 3.16 bits per heavy atom. The zero-order chi connectivity index (χ0) is 13.2. The van der Waals surface area contributed by atoms with Crippen molar-refractivity contribution in [2.24, 2.45) is 0 Å². The van der Waals surface area contributed by atoms with Crippen LogP contribution in [0.3, 0.4) is 0 Å². The van der Waals surface area contributed by atoms with Gasteiger partial charge in [0.2, 0.25) is 0 Å². The lowest BCUT2D eigenvalue weighted by molar-refractivity contribution is 0.602. The minimum Gasteiger partial charge on any atom is -0.443 e. The molecule has 5 nitrogen and oxygen atoms in total. The zero-order valence-electron chi connectivity index (χ0n) is 10.4. The van der Waals surface area contributed by atoms with Gasteiger partial charge in [0.1, 0.15) is 11.2 Å². The number of fused-ring (bicyclic) bond motifs is 1. The van der Waals surface area contributed by atoms with Gasteiger partial charge in [0, 0.05) is 18.5 Å². The lowest BCUT2D eigenvalue weighted by Crippen LogP contribution is -2.10. The molecule has 3 aromatic rings. The van der Waals surface area contributed by atoms with Crippen LogP contribution in [0.1, 0.15) is 5.69 Å². The standard InChI is InChI=1S/C13H13BrN4O/c1-15-5-4-10-12(14)13(18-17-10)8-2-3-9-11(6-8)19-7-16-9/h2-3,6-7,15H,4-5H2,1H3,(H,17,18). The number of nitrogens with one attached hydrogen (secondary N) is 2. The second kappa shape index (κ2) is 5.14. The molecule has 2 aromatic heterocycles. The second-order valence-corrected chi connectivity index (χ2v) is 5.05. The van der Waals surface area contributed by atoms with E-state index in [9.17, 15) is 0 Å². The van der Waals surface area contributed by atoms with Crippen LogP contribution in [0.4, 0.5) is 0 Å². The van der Waals surface area contributed by atoms with Crippen molar-refractivity contribution >= 4 is 27.0 Å². The van der Waals surface area contributed by atoms with E-state index in [-0.39, 0.29) is 0 Å². The molecule has 0 bridgehead atoms. The highest BCUT2D eigenvalue weighted by atomic mass is 79.9. The first-order valence-corrected chi connectivity index (χ1v) is 6.80. The number of hydrogen-bond donors (Lipinski definition) is 2. The number of benzene rings is 1. The summed E-state index contributed by atoms with van der Waals surface area (Å²) in [6.45, 7) is 0.904. The zero-order valence-corrected chi connectivity index (χ0v) is 12.0. The molecule has 2 N–H and O–H groups in total. The molecule has 0 aliphatic heterocycles. The van der Waals surface area contributed by atoms with Gasteiger partial charge < -0.3 is 9.73 Å². The van der Waals surface area contributed by atoms with Gasteiger partial charge in [0.25, 0.3) is 0 Å². The van der Waals surface area contributed by atoms with Crippen LogP contribution in [-0.2, 0) is 6.42 Å². The van der Waals surface area contributed by atoms with Crippen LogP contribution in [0.25, 0.3) is 22.4 Å². The first kappa shape index (κ1) is 12.4. The first-order valence-electron chi connectivity index (χ1n) is 6.00. The number of likely N-dealkylation sites (N-methyl/N-ethyl adjacent to an activating group) is 1. The van der Waals surface area contributed by atoms with Crippen LogP contribution < -0.4 is 5.32 Å². The summed E-state index contributed by atoms with van der Waals surface area (Å²) in [5.41, 5.74) is 4.60. The molecule has 98 valence electrons. The number of aromatic amines is 1. The predicted molar refractivity (Wildman–Crippen MR) is 76.9 cm³/mol. The third kappa shape index (κ3) is 2.29. The fourth-order valence-electron chi connectivity index (χ4n) is 1.97.